The molecule has 0 atom stereocenters. The van der Waals surface area contributed by atoms with Gasteiger partial charge in [-0.3, -0.25) is 0 Å². The van der Waals surface area contributed by atoms with E-state index in [4.69, 9.17) is 0 Å². The van der Waals surface area contributed by atoms with Gasteiger partial charge in [-0.05, 0) is 18.6 Å². The first-order valence-corrected chi connectivity index (χ1v) is 5.02. The minimum Gasteiger partial charge on any atom is -1.00 e. The fraction of sp³-hybridized carbons (Fsp3) is 0.455. The maximum atomic E-state index is 12.3. The van der Waals surface area contributed by atoms with Gasteiger partial charge in [-0.25, -0.2) is 0 Å². The summed E-state index contributed by atoms with van der Waals surface area (Å²) in [5.74, 6) is 0. The molecule has 0 aliphatic heterocycles. The van der Waals surface area contributed by atoms with Crippen molar-refractivity contribution in [3.63, 3.8) is 0 Å². The maximum Gasteiger partial charge on any atom is 0.416 e. The van der Waals surface area contributed by atoms with Crippen LogP contribution in [0.5, 0.6) is 0 Å². The van der Waals surface area contributed by atoms with Crippen molar-refractivity contribution in [3.8, 4) is 0 Å². The van der Waals surface area contributed by atoms with Crippen molar-refractivity contribution in [1.82, 2.24) is 0 Å². The molecule has 0 heterocycles. The second-order valence-corrected chi connectivity index (χ2v) is 3.48. The molecule has 0 saturated heterocycles. The van der Waals surface area contributed by atoms with E-state index in [0.29, 0.717) is 6.54 Å². The molecule has 1 aromatic rings. The van der Waals surface area contributed by atoms with Crippen LogP contribution in [0.1, 0.15) is 24.5 Å². The Balaban J connectivity index is 0.00000225. The quantitative estimate of drug-likeness (QED) is 0.676. The molecule has 0 unspecified atom stereocenters. The number of nitrogens with two attached hydrogens (primary N) is 1. The van der Waals surface area contributed by atoms with Crippen LogP contribution in [0.2, 0.25) is 0 Å². The second kappa shape index (κ2) is 6.76. The molecule has 1 rings (SSSR count). The van der Waals surface area contributed by atoms with Gasteiger partial charge in [0.15, 0.2) is 0 Å². The maximum absolute atomic E-state index is 12.3. The summed E-state index contributed by atoms with van der Waals surface area (Å²) in [6.45, 7) is 3.59. The number of quaternary nitrogens is 1. The molecule has 5 heteroatoms. The monoisotopic (exact) mass is 253 g/mol. The number of benzene rings is 1. The van der Waals surface area contributed by atoms with Crippen LogP contribution in [-0.2, 0) is 12.7 Å². The molecule has 0 aliphatic carbocycles. The lowest BCUT2D eigenvalue weighted by molar-refractivity contribution is -0.670. The summed E-state index contributed by atoms with van der Waals surface area (Å²) in [7, 11) is 0. The van der Waals surface area contributed by atoms with Crippen LogP contribution in [0.15, 0.2) is 24.3 Å². The van der Waals surface area contributed by atoms with E-state index in [2.05, 4.69) is 0 Å². The Morgan fingerprint density at radius 3 is 2.50 bits per heavy atom. The van der Waals surface area contributed by atoms with E-state index in [1.54, 1.807) is 6.07 Å². The van der Waals surface area contributed by atoms with E-state index < -0.39 is 11.7 Å². The molecule has 0 spiro atoms. The van der Waals surface area contributed by atoms with Gasteiger partial charge in [0.05, 0.1) is 12.1 Å². The van der Waals surface area contributed by atoms with E-state index in [9.17, 15) is 13.2 Å². The van der Waals surface area contributed by atoms with Crippen molar-refractivity contribution >= 4 is 0 Å². The number of hydrogen-bond donors (Lipinski definition) is 1. The molecule has 92 valence electrons. The van der Waals surface area contributed by atoms with Crippen molar-refractivity contribution in [3.05, 3.63) is 35.4 Å². The van der Waals surface area contributed by atoms with Crippen LogP contribution in [-0.4, -0.2) is 6.54 Å². The number of rotatable bonds is 4. The summed E-state index contributed by atoms with van der Waals surface area (Å²) in [6, 6.07) is 5.49. The average Bonchev–Trinajstić information content (AvgIpc) is 2.17. The van der Waals surface area contributed by atoms with Gasteiger partial charge < -0.3 is 17.7 Å². The Labute approximate surface area is 99.5 Å². The fourth-order valence-electron chi connectivity index (χ4n) is 1.35. The van der Waals surface area contributed by atoms with Crippen molar-refractivity contribution in [2.75, 3.05) is 6.54 Å². The first-order chi connectivity index (χ1) is 7.04. The summed E-state index contributed by atoms with van der Waals surface area (Å²) in [4.78, 5) is 0. The van der Waals surface area contributed by atoms with Gasteiger partial charge in [0.1, 0.15) is 6.54 Å². The molecule has 1 nitrogen and oxygen atoms in total. The third kappa shape index (κ3) is 4.86. The SMILES string of the molecule is CCC[NH2+]Cc1cccc(C(F)(F)F)c1.[Cl-]. The summed E-state index contributed by atoms with van der Waals surface area (Å²) < 4.78 is 37.0. The van der Waals surface area contributed by atoms with Gasteiger partial charge >= 0.3 is 6.18 Å². The first kappa shape index (κ1) is 15.3. The smallest absolute Gasteiger partial charge is 0.416 e. The minimum atomic E-state index is -4.24. The van der Waals surface area contributed by atoms with Crippen LogP contribution in [0.4, 0.5) is 13.2 Å². The van der Waals surface area contributed by atoms with Gasteiger partial charge in [-0.2, -0.15) is 13.2 Å². The van der Waals surface area contributed by atoms with E-state index in [-0.39, 0.29) is 12.4 Å². The van der Waals surface area contributed by atoms with Crippen LogP contribution >= 0.6 is 0 Å². The zero-order valence-corrected chi connectivity index (χ0v) is 9.78. The second-order valence-electron chi connectivity index (χ2n) is 3.48. The Morgan fingerprint density at radius 2 is 1.94 bits per heavy atom. The summed E-state index contributed by atoms with van der Waals surface area (Å²) >= 11 is 0. The molecule has 0 amide bonds. The topological polar surface area (TPSA) is 16.6 Å². The van der Waals surface area contributed by atoms with Gasteiger partial charge in [0.25, 0.3) is 0 Å². The number of hydrogen-bond acceptors (Lipinski definition) is 0. The highest BCUT2D eigenvalue weighted by Crippen LogP contribution is 2.29. The Morgan fingerprint density at radius 1 is 1.25 bits per heavy atom. The number of halogens is 4. The third-order valence-electron chi connectivity index (χ3n) is 2.13. The number of alkyl halides is 3. The molecule has 0 bridgehead atoms. The highest BCUT2D eigenvalue weighted by atomic mass is 35.5. The Kier molecular flexibility index (Phi) is 6.45. The summed E-state index contributed by atoms with van der Waals surface area (Å²) in [6.07, 6.45) is -3.21. The molecule has 0 fully saturated rings. The molecule has 0 aliphatic rings. The van der Waals surface area contributed by atoms with Crippen molar-refractivity contribution < 1.29 is 30.9 Å². The molecular formula is C11H15ClF3N. The van der Waals surface area contributed by atoms with Crippen LogP contribution < -0.4 is 17.7 Å². The van der Waals surface area contributed by atoms with Crippen molar-refractivity contribution in [1.29, 1.82) is 0 Å². The lowest BCUT2D eigenvalue weighted by atomic mass is 10.1. The Hall–Kier alpha value is -0.740. The molecule has 2 N–H and O–H groups in total. The molecule has 0 saturated carbocycles. The first-order valence-electron chi connectivity index (χ1n) is 5.02. The highest BCUT2D eigenvalue weighted by molar-refractivity contribution is 5.24. The van der Waals surface area contributed by atoms with E-state index in [1.807, 2.05) is 12.2 Å². The minimum absolute atomic E-state index is 0. The standard InChI is InChI=1S/C11H14F3N.ClH/c1-2-6-15-8-9-4-3-5-10(7-9)11(12,13)14;/h3-5,7,15H,2,6,8H2,1H3;1H. The van der Waals surface area contributed by atoms with Crippen LogP contribution in [0.3, 0.4) is 0 Å². The normalized spacial score (nSPS) is 11.0. The molecular weight excluding hydrogens is 239 g/mol. The lowest BCUT2D eigenvalue weighted by Crippen LogP contribution is -3.00. The largest absolute Gasteiger partial charge is 1.00 e. The lowest BCUT2D eigenvalue weighted by Gasteiger charge is -2.07. The van der Waals surface area contributed by atoms with Gasteiger partial charge in [0.2, 0.25) is 0 Å². The van der Waals surface area contributed by atoms with Gasteiger partial charge in [-0.1, -0.05) is 19.1 Å². The molecule has 1 aromatic carbocycles. The summed E-state index contributed by atoms with van der Waals surface area (Å²) in [5, 5.41) is 2.01. The zero-order valence-electron chi connectivity index (χ0n) is 9.02. The van der Waals surface area contributed by atoms with Crippen LogP contribution in [0.25, 0.3) is 0 Å². The fourth-order valence-corrected chi connectivity index (χ4v) is 1.35. The molecule has 16 heavy (non-hydrogen) atoms. The van der Waals surface area contributed by atoms with Crippen molar-refractivity contribution in [2.45, 2.75) is 26.1 Å². The zero-order chi connectivity index (χ0) is 11.3. The Bertz CT molecular complexity index is 312. The van der Waals surface area contributed by atoms with E-state index in [1.165, 1.54) is 12.1 Å². The predicted octanol–water partition coefficient (Wildman–Crippen LogP) is -0.817. The summed E-state index contributed by atoms with van der Waals surface area (Å²) in [5.41, 5.74) is 0.156. The average molecular weight is 254 g/mol. The predicted molar refractivity (Wildman–Crippen MR) is 52.2 cm³/mol. The molecule has 0 radical (unpaired) electrons. The van der Waals surface area contributed by atoms with E-state index in [0.717, 1.165) is 24.6 Å². The van der Waals surface area contributed by atoms with Crippen LogP contribution in [0, 0.1) is 0 Å². The third-order valence-corrected chi connectivity index (χ3v) is 2.13. The van der Waals surface area contributed by atoms with E-state index >= 15 is 0 Å². The van der Waals surface area contributed by atoms with Crippen molar-refractivity contribution in [2.24, 2.45) is 0 Å². The van der Waals surface area contributed by atoms with Gasteiger partial charge in [0, 0.05) is 5.56 Å². The molecule has 0 aromatic heterocycles. The van der Waals surface area contributed by atoms with Gasteiger partial charge in [-0.15, -0.1) is 0 Å². The highest BCUT2D eigenvalue weighted by Gasteiger charge is 2.30.